The zero-order chi connectivity index (χ0) is 16.2. The van der Waals surface area contributed by atoms with Gasteiger partial charge in [0.15, 0.2) is 9.84 Å². The number of sulfone groups is 1. The number of carbonyl (C=O) groups excluding carboxylic acids is 1. The third-order valence-electron chi connectivity index (χ3n) is 3.86. The molecule has 1 aliphatic heterocycles. The van der Waals surface area contributed by atoms with E-state index in [1.54, 1.807) is 0 Å². The molecular formula is C16H24N2O3S. The summed E-state index contributed by atoms with van der Waals surface area (Å²) in [6.45, 7) is 4.83. The molecule has 1 fully saturated rings. The van der Waals surface area contributed by atoms with Crippen LogP contribution in [0.4, 0.5) is 5.69 Å². The van der Waals surface area contributed by atoms with Crippen LogP contribution in [0.15, 0.2) is 24.3 Å². The van der Waals surface area contributed by atoms with E-state index in [-0.39, 0.29) is 23.5 Å². The average molecular weight is 324 g/mol. The maximum absolute atomic E-state index is 11.8. The van der Waals surface area contributed by atoms with Crippen LogP contribution in [0.1, 0.15) is 38.2 Å². The minimum absolute atomic E-state index is 0.0723. The summed E-state index contributed by atoms with van der Waals surface area (Å²) in [7, 11) is -2.95. The van der Waals surface area contributed by atoms with Crippen molar-refractivity contribution in [1.29, 1.82) is 0 Å². The van der Waals surface area contributed by atoms with E-state index >= 15 is 0 Å². The van der Waals surface area contributed by atoms with E-state index in [0.717, 1.165) is 5.69 Å². The van der Waals surface area contributed by atoms with Gasteiger partial charge in [-0.25, -0.2) is 8.42 Å². The van der Waals surface area contributed by atoms with E-state index in [1.807, 2.05) is 12.1 Å². The predicted octanol–water partition coefficient (Wildman–Crippen LogP) is 1.92. The standard InChI is InChI=1S/C16H24N2O3S/c1-12(2)13-3-5-14(6-4-13)17-9-7-16(19)18-15-8-10-22(20,21)11-15/h3-6,12,15,17H,7-11H2,1-2H3,(H,18,19). The molecule has 0 bridgehead atoms. The van der Waals surface area contributed by atoms with Crippen LogP contribution in [0, 0.1) is 0 Å². The van der Waals surface area contributed by atoms with Crippen molar-refractivity contribution >= 4 is 21.4 Å². The Morgan fingerprint density at radius 1 is 1.27 bits per heavy atom. The van der Waals surface area contributed by atoms with Gasteiger partial charge in [0.05, 0.1) is 11.5 Å². The molecule has 0 saturated carbocycles. The van der Waals surface area contributed by atoms with Gasteiger partial charge in [-0.1, -0.05) is 26.0 Å². The largest absolute Gasteiger partial charge is 0.385 e. The van der Waals surface area contributed by atoms with E-state index in [0.29, 0.717) is 25.3 Å². The van der Waals surface area contributed by atoms with Gasteiger partial charge in [-0.15, -0.1) is 0 Å². The van der Waals surface area contributed by atoms with Crippen LogP contribution in [0.25, 0.3) is 0 Å². The lowest BCUT2D eigenvalue weighted by Gasteiger charge is -2.12. The normalized spacial score (nSPS) is 20.0. The summed E-state index contributed by atoms with van der Waals surface area (Å²) in [6.07, 6.45) is 0.862. The molecule has 0 aliphatic carbocycles. The van der Waals surface area contributed by atoms with E-state index in [2.05, 4.69) is 36.6 Å². The number of nitrogens with one attached hydrogen (secondary N) is 2. The minimum Gasteiger partial charge on any atom is -0.385 e. The molecule has 5 nitrogen and oxygen atoms in total. The van der Waals surface area contributed by atoms with Crippen molar-refractivity contribution in [3.05, 3.63) is 29.8 Å². The first-order valence-corrected chi connectivity index (χ1v) is 9.51. The Bertz CT molecular complexity index is 609. The highest BCUT2D eigenvalue weighted by atomic mass is 32.2. The Kier molecular flexibility index (Phi) is 5.45. The SMILES string of the molecule is CC(C)c1ccc(NCCC(=O)NC2CCS(=O)(=O)C2)cc1. The number of hydrogen-bond acceptors (Lipinski definition) is 4. The number of amides is 1. The van der Waals surface area contributed by atoms with Crippen LogP contribution in [0.5, 0.6) is 0 Å². The molecule has 1 aromatic carbocycles. The Hall–Kier alpha value is -1.56. The molecule has 2 N–H and O–H groups in total. The second-order valence-electron chi connectivity index (χ2n) is 6.12. The van der Waals surface area contributed by atoms with Crippen LogP contribution in [0.2, 0.25) is 0 Å². The summed E-state index contributed by atoms with van der Waals surface area (Å²) >= 11 is 0. The van der Waals surface area contributed by atoms with Gasteiger partial charge in [-0.05, 0) is 30.0 Å². The zero-order valence-corrected chi connectivity index (χ0v) is 13.9. The van der Waals surface area contributed by atoms with Crippen molar-refractivity contribution < 1.29 is 13.2 Å². The lowest BCUT2D eigenvalue weighted by Crippen LogP contribution is -2.36. The van der Waals surface area contributed by atoms with E-state index in [4.69, 9.17) is 0 Å². The third kappa shape index (κ3) is 5.02. The molecule has 1 atom stereocenters. The first-order valence-electron chi connectivity index (χ1n) is 7.69. The number of hydrogen-bond donors (Lipinski definition) is 2. The van der Waals surface area contributed by atoms with Crippen molar-refractivity contribution in [2.45, 2.75) is 38.6 Å². The summed E-state index contributed by atoms with van der Waals surface area (Å²) in [5, 5.41) is 5.99. The Balaban J connectivity index is 1.71. The van der Waals surface area contributed by atoms with Crippen molar-refractivity contribution in [2.24, 2.45) is 0 Å². The van der Waals surface area contributed by atoms with E-state index in [1.165, 1.54) is 5.56 Å². The third-order valence-corrected chi connectivity index (χ3v) is 5.62. The molecule has 1 unspecified atom stereocenters. The highest BCUT2D eigenvalue weighted by Crippen LogP contribution is 2.17. The topological polar surface area (TPSA) is 75.3 Å². The predicted molar refractivity (Wildman–Crippen MR) is 88.8 cm³/mol. The smallest absolute Gasteiger partial charge is 0.222 e. The average Bonchev–Trinajstić information content (AvgIpc) is 2.78. The lowest BCUT2D eigenvalue weighted by atomic mass is 10.0. The summed E-state index contributed by atoms with van der Waals surface area (Å²) in [5.74, 6) is 0.650. The summed E-state index contributed by atoms with van der Waals surface area (Å²) in [6, 6.07) is 7.96. The zero-order valence-electron chi connectivity index (χ0n) is 13.1. The maximum Gasteiger partial charge on any atom is 0.222 e. The highest BCUT2D eigenvalue weighted by molar-refractivity contribution is 7.91. The molecule has 0 spiro atoms. The summed E-state index contributed by atoms with van der Waals surface area (Å²) in [4.78, 5) is 11.8. The van der Waals surface area contributed by atoms with Crippen molar-refractivity contribution in [3.63, 3.8) is 0 Å². The lowest BCUT2D eigenvalue weighted by molar-refractivity contribution is -0.121. The fourth-order valence-electron chi connectivity index (χ4n) is 2.51. The molecule has 0 aromatic heterocycles. The fraction of sp³-hybridized carbons (Fsp3) is 0.562. The summed E-state index contributed by atoms with van der Waals surface area (Å²) in [5.41, 5.74) is 2.27. The van der Waals surface area contributed by atoms with Crippen LogP contribution in [-0.2, 0) is 14.6 Å². The Labute approximate surface area is 132 Å². The number of rotatable bonds is 6. The fourth-order valence-corrected chi connectivity index (χ4v) is 4.19. The molecule has 122 valence electrons. The Morgan fingerprint density at radius 2 is 1.95 bits per heavy atom. The maximum atomic E-state index is 11.8. The van der Waals surface area contributed by atoms with Gasteiger partial charge in [0.2, 0.25) is 5.91 Å². The van der Waals surface area contributed by atoms with E-state index < -0.39 is 9.84 Å². The van der Waals surface area contributed by atoms with Crippen molar-refractivity contribution in [3.8, 4) is 0 Å². The second-order valence-corrected chi connectivity index (χ2v) is 8.35. The second kappa shape index (κ2) is 7.13. The van der Waals surface area contributed by atoms with Crippen LogP contribution < -0.4 is 10.6 Å². The first kappa shape index (κ1) is 16.8. The van der Waals surface area contributed by atoms with Gasteiger partial charge in [-0.2, -0.15) is 0 Å². The number of carbonyl (C=O) groups is 1. The molecule has 0 radical (unpaired) electrons. The molecule has 2 rings (SSSR count). The summed E-state index contributed by atoms with van der Waals surface area (Å²) < 4.78 is 22.7. The monoisotopic (exact) mass is 324 g/mol. The Morgan fingerprint density at radius 3 is 2.50 bits per heavy atom. The molecular weight excluding hydrogens is 300 g/mol. The van der Waals surface area contributed by atoms with Crippen molar-refractivity contribution in [2.75, 3.05) is 23.4 Å². The molecule has 1 aliphatic rings. The molecule has 1 saturated heterocycles. The van der Waals surface area contributed by atoms with Crippen LogP contribution in [0.3, 0.4) is 0 Å². The van der Waals surface area contributed by atoms with Crippen LogP contribution in [-0.4, -0.2) is 38.4 Å². The van der Waals surface area contributed by atoms with Crippen molar-refractivity contribution in [1.82, 2.24) is 5.32 Å². The molecule has 1 aromatic rings. The minimum atomic E-state index is -2.95. The highest BCUT2D eigenvalue weighted by Gasteiger charge is 2.28. The van der Waals surface area contributed by atoms with Gasteiger partial charge in [0, 0.05) is 24.7 Å². The quantitative estimate of drug-likeness (QED) is 0.838. The van der Waals surface area contributed by atoms with Crippen LogP contribution >= 0.6 is 0 Å². The first-order chi connectivity index (χ1) is 10.4. The van der Waals surface area contributed by atoms with Gasteiger partial charge >= 0.3 is 0 Å². The number of benzene rings is 1. The van der Waals surface area contributed by atoms with Gasteiger partial charge < -0.3 is 10.6 Å². The molecule has 1 heterocycles. The van der Waals surface area contributed by atoms with Gasteiger partial charge in [0.25, 0.3) is 0 Å². The molecule has 22 heavy (non-hydrogen) atoms. The van der Waals surface area contributed by atoms with E-state index in [9.17, 15) is 13.2 Å². The van der Waals surface area contributed by atoms with Gasteiger partial charge in [-0.3, -0.25) is 4.79 Å². The molecule has 6 heteroatoms. The molecule has 1 amide bonds. The number of anilines is 1. The van der Waals surface area contributed by atoms with Gasteiger partial charge in [0.1, 0.15) is 0 Å².